The van der Waals surface area contributed by atoms with E-state index in [2.05, 4.69) is 15.4 Å². The van der Waals surface area contributed by atoms with Gasteiger partial charge >= 0.3 is 239 Å². The molecule has 0 aromatic rings. The summed E-state index contributed by atoms with van der Waals surface area (Å²) in [5.74, 6) is 0. The van der Waals surface area contributed by atoms with Crippen molar-refractivity contribution < 1.29 is 282 Å². The average molecular weight is 674 g/mol. The zero-order chi connectivity index (χ0) is 24.3. The van der Waals surface area contributed by atoms with Gasteiger partial charge in [-0.3, -0.25) is 4.55 Å². The van der Waals surface area contributed by atoms with Crippen molar-refractivity contribution in [3.63, 3.8) is 0 Å². The summed E-state index contributed by atoms with van der Waals surface area (Å²) < 4.78 is 55.2. The first-order chi connectivity index (χ1) is 13.5. The molecule has 0 aliphatic rings. The van der Waals surface area contributed by atoms with Crippen molar-refractivity contribution in [3.8, 4) is 0 Å². The van der Waals surface area contributed by atoms with E-state index >= 15 is 0 Å². The maximum absolute atomic E-state index is 10.2. The molecule has 0 rings (SSSR count). The fourth-order valence-corrected chi connectivity index (χ4v) is 3.33. The molecule has 0 atom stereocenters. The number of phosphoric acid groups is 2. The van der Waals surface area contributed by atoms with Crippen LogP contribution in [0.2, 0.25) is 0 Å². The third-order valence-electron chi connectivity index (χ3n) is 2.94. The molecular weight excluding hydrogens is 635 g/mol. The standard InChI is InChI=1S/C12H26O4S.CH2O3.7Na.H4O7P2.7H/c1-2-3-4-5-6-7-8-9-10-11-12-16-17(13,14)15;2-1(3)4;;;;;;;;1-8(2,3)7-9(4,5)6;;;;;;;/h2-12H2,1H3,(H,13,14,15);(H2,2,3,4);;;;;;;;(H2,1,2,3)(H2,4,5,6);;;;;;;/q;;7*+1;;7*-1. The van der Waals surface area contributed by atoms with Gasteiger partial charge in [0.2, 0.25) is 0 Å². The van der Waals surface area contributed by atoms with E-state index in [9.17, 15) is 17.5 Å². The minimum atomic E-state index is -5.05. The van der Waals surface area contributed by atoms with Crippen LogP contribution in [-0.4, -0.2) is 55.5 Å². The van der Waals surface area contributed by atoms with Crippen molar-refractivity contribution in [1.82, 2.24) is 0 Å². The summed E-state index contributed by atoms with van der Waals surface area (Å²) in [5, 5.41) is 13.9. The number of hydrogen-bond acceptors (Lipinski definition) is 7. The fourth-order valence-electron chi connectivity index (χ4n) is 1.89. The summed E-state index contributed by atoms with van der Waals surface area (Å²) in [4.78, 5) is 39.6. The van der Waals surface area contributed by atoms with Gasteiger partial charge in [0.25, 0.3) is 0 Å². The fraction of sp³-hybridized carbons (Fsp3) is 0.923. The van der Waals surface area contributed by atoms with Gasteiger partial charge in [-0.2, -0.15) is 12.7 Å². The molecule has 7 N–H and O–H groups in total. The van der Waals surface area contributed by atoms with Gasteiger partial charge in [0.05, 0.1) is 6.61 Å². The first-order valence-corrected chi connectivity index (χ1v) is 13.3. The van der Waals surface area contributed by atoms with Crippen LogP contribution in [-0.2, 0) is 28.0 Å². The average Bonchev–Trinajstić information content (AvgIpc) is 2.48. The zero-order valence-electron chi connectivity index (χ0n) is 30.6. The van der Waals surface area contributed by atoms with E-state index in [0.29, 0.717) is 6.42 Å². The van der Waals surface area contributed by atoms with Crippen LogP contribution in [0.3, 0.4) is 0 Å². The van der Waals surface area contributed by atoms with E-state index in [1.54, 1.807) is 0 Å². The third kappa shape index (κ3) is 99.3. The van der Waals surface area contributed by atoms with Gasteiger partial charge in [0, 0.05) is 0 Å². The number of rotatable bonds is 14. The number of carboxylic acid groups (broad SMARTS) is 2. The van der Waals surface area contributed by atoms with Gasteiger partial charge in [-0.15, -0.1) is 0 Å². The molecule has 14 nitrogen and oxygen atoms in total. The molecule has 198 valence electrons. The Labute approximate surface area is 385 Å². The van der Waals surface area contributed by atoms with Gasteiger partial charge in [0.15, 0.2) is 0 Å². The minimum absolute atomic E-state index is 0. The zero-order valence-corrected chi connectivity index (χ0v) is 40.2. The van der Waals surface area contributed by atoms with E-state index in [1.807, 2.05) is 0 Å². The van der Waals surface area contributed by atoms with Crippen LogP contribution >= 0.6 is 15.6 Å². The summed E-state index contributed by atoms with van der Waals surface area (Å²) in [7, 11) is -14.3. The Hall–Kier alpha value is 6.40. The largest absolute Gasteiger partial charge is 1.00 e. The molecule has 0 radical (unpaired) electrons. The topological polar surface area (TPSA) is 245 Å². The molecule has 0 saturated carbocycles. The van der Waals surface area contributed by atoms with E-state index in [0.717, 1.165) is 12.8 Å². The van der Waals surface area contributed by atoms with Crippen LogP contribution < -0.4 is 207 Å². The molecule has 0 bridgehead atoms. The van der Waals surface area contributed by atoms with Crippen molar-refractivity contribution in [2.75, 3.05) is 6.61 Å². The number of carbonyl (C=O) groups is 1. The SMILES string of the molecule is CCCCCCCCCCCCOS(=O)(=O)O.O=C(O)O.O=P(O)(O)OP(=O)(O)O.[H-].[H-].[H-].[H-].[H-].[H-].[H-].[Na+].[Na+].[Na+].[Na+].[Na+].[Na+].[Na+]. The second-order valence-corrected chi connectivity index (χ2v) is 9.48. The molecule has 24 heteroatoms. The van der Waals surface area contributed by atoms with Crippen molar-refractivity contribution >= 4 is 32.2 Å². The first-order valence-electron chi connectivity index (χ1n) is 8.86. The summed E-state index contributed by atoms with van der Waals surface area (Å²) in [5.41, 5.74) is 0. The molecule has 0 unspecified atom stereocenters. The smallest absolute Gasteiger partial charge is 1.00 e. The van der Waals surface area contributed by atoms with Crippen molar-refractivity contribution in [1.29, 1.82) is 0 Å². The van der Waals surface area contributed by atoms with Crippen LogP contribution in [0.25, 0.3) is 0 Å². The van der Waals surface area contributed by atoms with Crippen LogP contribution in [0.15, 0.2) is 0 Å². The quantitative estimate of drug-likeness (QED) is 0.0392. The summed E-state index contributed by atoms with van der Waals surface area (Å²) in [6.07, 6.45) is 10.0. The second-order valence-electron chi connectivity index (χ2n) is 5.78. The predicted octanol–water partition coefficient (Wildman–Crippen LogP) is -17.0. The molecule has 0 aromatic heterocycles. The Bertz CT molecular complexity index is 641. The van der Waals surface area contributed by atoms with Gasteiger partial charge < -0.3 is 39.8 Å². The van der Waals surface area contributed by atoms with Crippen LogP contribution in [0.1, 0.15) is 81.1 Å². The maximum atomic E-state index is 10.2. The van der Waals surface area contributed by atoms with Crippen molar-refractivity contribution in [3.05, 3.63) is 0 Å². The van der Waals surface area contributed by atoms with Gasteiger partial charge in [-0.25, -0.2) is 18.1 Å². The van der Waals surface area contributed by atoms with E-state index < -0.39 is 32.2 Å². The maximum Gasteiger partial charge on any atom is 1.00 e. The molecule has 0 fully saturated rings. The monoisotopic (exact) mass is 674 g/mol. The molecule has 0 aliphatic heterocycles. The van der Waals surface area contributed by atoms with E-state index in [1.165, 1.54) is 44.9 Å². The summed E-state index contributed by atoms with van der Waals surface area (Å²) in [6, 6.07) is 0. The molecule has 0 heterocycles. The van der Waals surface area contributed by atoms with E-state index in [4.69, 9.17) is 39.1 Å². The first kappa shape index (κ1) is 69.9. The van der Waals surface area contributed by atoms with Crippen molar-refractivity contribution in [2.24, 2.45) is 0 Å². The molecule has 0 aromatic carbocycles. The van der Waals surface area contributed by atoms with Gasteiger partial charge in [-0.05, 0) is 6.42 Å². The normalized spacial score (nSPS) is 9.46. The molecule has 0 saturated heterocycles. The number of hydrogen-bond donors (Lipinski definition) is 7. The molecular formula is C13H39Na7O14P2S. The summed E-state index contributed by atoms with van der Waals surface area (Å²) in [6.45, 7) is 2.31. The Morgan fingerprint density at radius 3 is 1.11 bits per heavy atom. The Balaban J connectivity index is -0.0000000161. The second kappa shape index (κ2) is 44.5. The van der Waals surface area contributed by atoms with E-state index in [-0.39, 0.29) is 223 Å². The Morgan fingerprint density at radius 2 is 0.919 bits per heavy atom. The Morgan fingerprint density at radius 1 is 0.676 bits per heavy atom. The third-order valence-corrected chi connectivity index (χ3v) is 5.11. The Kier molecular flexibility index (Phi) is 84.2. The summed E-state index contributed by atoms with van der Waals surface area (Å²) >= 11 is 0. The van der Waals surface area contributed by atoms with Gasteiger partial charge in [0.1, 0.15) is 0 Å². The molecule has 37 heavy (non-hydrogen) atoms. The molecule has 0 aliphatic carbocycles. The molecule has 0 spiro atoms. The van der Waals surface area contributed by atoms with Crippen LogP contribution in [0.5, 0.6) is 0 Å². The predicted molar refractivity (Wildman–Crippen MR) is 113 cm³/mol. The number of unbranched alkanes of at least 4 members (excludes halogenated alkanes) is 9. The van der Waals surface area contributed by atoms with Crippen LogP contribution in [0.4, 0.5) is 4.79 Å². The van der Waals surface area contributed by atoms with Crippen molar-refractivity contribution in [2.45, 2.75) is 71.1 Å². The minimum Gasteiger partial charge on any atom is -1.00 e. The molecule has 0 amide bonds. The van der Waals surface area contributed by atoms with Crippen LogP contribution in [0, 0.1) is 0 Å². The van der Waals surface area contributed by atoms with Gasteiger partial charge in [-0.1, -0.05) is 64.7 Å².